The lowest BCUT2D eigenvalue weighted by Crippen LogP contribution is -2.52. The van der Waals surface area contributed by atoms with Crippen LogP contribution in [0, 0.1) is 0 Å². The second-order valence-corrected chi connectivity index (χ2v) is 10.5. The van der Waals surface area contributed by atoms with Gasteiger partial charge in [0.2, 0.25) is 0 Å². The molecule has 0 saturated carbocycles. The lowest BCUT2D eigenvalue weighted by Gasteiger charge is -2.43. The summed E-state index contributed by atoms with van der Waals surface area (Å²) in [4.78, 5) is 15.3. The van der Waals surface area contributed by atoms with E-state index >= 15 is 0 Å². The third kappa shape index (κ3) is 3.29. The van der Waals surface area contributed by atoms with Crippen molar-refractivity contribution in [1.82, 2.24) is 4.90 Å². The molecule has 2 saturated heterocycles. The van der Waals surface area contributed by atoms with Crippen LogP contribution in [0.25, 0.3) is 11.1 Å². The van der Waals surface area contributed by atoms with Crippen molar-refractivity contribution in [1.29, 1.82) is 0 Å². The number of aliphatic hydroxyl groups is 1. The Balaban J connectivity index is 1.08. The topological polar surface area (TPSA) is 59.0 Å². The van der Waals surface area contributed by atoms with E-state index in [9.17, 15) is 9.90 Å². The van der Waals surface area contributed by atoms with Crippen molar-refractivity contribution in [2.24, 2.45) is 0 Å². The van der Waals surface area contributed by atoms with Crippen LogP contribution >= 0.6 is 0 Å². The van der Waals surface area contributed by atoms with E-state index in [2.05, 4.69) is 54.6 Å². The van der Waals surface area contributed by atoms with Gasteiger partial charge >= 0.3 is 6.09 Å². The first-order chi connectivity index (χ1) is 17.1. The van der Waals surface area contributed by atoms with Gasteiger partial charge in [0.15, 0.2) is 0 Å². The molecule has 35 heavy (non-hydrogen) atoms. The van der Waals surface area contributed by atoms with Gasteiger partial charge in [0.25, 0.3) is 0 Å². The lowest BCUT2D eigenvalue weighted by molar-refractivity contribution is -0.0531. The fraction of sp³-hybridized carbons (Fsp3) is 0.367. The molecule has 4 aliphatic rings. The molecule has 3 aromatic rings. The quantitative estimate of drug-likeness (QED) is 0.562. The highest BCUT2D eigenvalue weighted by Crippen LogP contribution is 2.48. The maximum atomic E-state index is 13.3. The highest BCUT2D eigenvalue weighted by molar-refractivity contribution is 5.79. The Morgan fingerprint density at radius 3 is 2.31 bits per heavy atom. The lowest BCUT2D eigenvalue weighted by atomic mass is 9.80. The first-order valence-corrected chi connectivity index (χ1v) is 12.7. The molecule has 2 atom stereocenters. The maximum absolute atomic E-state index is 13.3. The van der Waals surface area contributed by atoms with Gasteiger partial charge in [-0.15, -0.1) is 0 Å². The first kappa shape index (κ1) is 21.0. The van der Waals surface area contributed by atoms with E-state index in [0.29, 0.717) is 26.1 Å². The van der Waals surface area contributed by atoms with Crippen molar-refractivity contribution in [3.05, 3.63) is 89.0 Å². The van der Waals surface area contributed by atoms with E-state index in [0.717, 1.165) is 30.6 Å². The van der Waals surface area contributed by atoms with E-state index in [-0.39, 0.29) is 24.1 Å². The molecule has 2 unspecified atom stereocenters. The number of ether oxygens (including phenoxy) is 2. The molecule has 3 heterocycles. The molecule has 3 aromatic carbocycles. The SMILES string of the molecule is O=C(OCC1c2ccccc2-c2ccccc21)N1C2CCC1CC(O)(c1ccc3c(c1)CCO3)C2. The van der Waals surface area contributed by atoms with Gasteiger partial charge in [-0.1, -0.05) is 54.6 Å². The number of fused-ring (bicyclic) bond motifs is 6. The number of piperidine rings is 1. The van der Waals surface area contributed by atoms with Crippen LogP contribution in [-0.4, -0.2) is 41.4 Å². The van der Waals surface area contributed by atoms with Gasteiger partial charge in [0.1, 0.15) is 12.4 Å². The molecular weight excluding hydrogens is 438 g/mol. The van der Waals surface area contributed by atoms with Crippen LogP contribution < -0.4 is 4.74 Å². The molecule has 0 aromatic heterocycles. The summed E-state index contributed by atoms with van der Waals surface area (Å²) < 4.78 is 11.6. The monoisotopic (exact) mass is 467 g/mol. The molecule has 1 aliphatic carbocycles. The second-order valence-electron chi connectivity index (χ2n) is 10.5. The highest BCUT2D eigenvalue weighted by atomic mass is 16.6. The average molecular weight is 468 g/mol. The number of carbonyl (C=O) groups is 1. The van der Waals surface area contributed by atoms with Crippen molar-refractivity contribution in [2.45, 2.75) is 55.7 Å². The highest BCUT2D eigenvalue weighted by Gasteiger charge is 2.51. The van der Waals surface area contributed by atoms with E-state index in [4.69, 9.17) is 9.47 Å². The molecule has 2 bridgehead atoms. The number of amides is 1. The smallest absolute Gasteiger partial charge is 0.410 e. The van der Waals surface area contributed by atoms with Gasteiger partial charge in [0, 0.05) is 37.3 Å². The molecule has 2 fully saturated rings. The third-order valence-electron chi connectivity index (χ3n) is 8.54. The minimum Gasteiger partial charge on any atom is -0.493 e. The molecular formula is C30H29NO4. The van der Waals surface area contributed by atoms with Gasteiger partial charge in [0.05, 0.1) is 12.2 Å². The third-order valence-corrected chi connectivity index (χ3v) is 8.54. The summed E-state index contributed by atoms with van der Waals surface area (Å²) >= 11 is 0. The van der Waals surface area contributed by atoms with Crippen LogP contribution in [0.5, 0.6) is 5.75 Å². The van der Waals surface area contributed by atoms with Crippen LogP contribution in [0.15, 0.2) is 66.7 Å². The number of hydrogen-bond acceptors (Lipinski definition) is 4. The second kappa shape index (κ2) is 7.85. The Labute approximate surface area is 205 Å². The Morgan fingerprint density at radius 1 is 0.971 bits per heavy atom. The number of rotatable bonds is 3. The van der Waals surface area contributed by atoms with E-state index < -0.39 is 5.60 Å². The van der Waals surface area contributed by atoms with Crippen molar-refractivity contribution in [3.63, 3.8) is 0 Å². The van der Waals surface area contributed by atoms with Crippen LogP contribution in [0.2, 0.25) is 0 Å². The zero-order valence-electron chi connectivity index (χ0n) is 19.7. The van der Waals surface area contributed by atoms with Crippen LogP contribution in [-0.2, 0) is 16.8 Å². The summed E-state index contributed by atoms with van der Waals surface area (Å²) in [5, 5.41) is 11.7. The largest absolute Gasteiger partial charge is 0.493 e. The Kier molecular flexibility index (Phi) is 4.72. The van der Waals surface area contributed by atoms with Crippen molar-refractivity contribution >= 4 is 6.09 Å². The fourth-order valence-electron chi connectivity index (χ4n) is 6.90. The summed E-state index contributed by atoms with van der Waals surface area (Å²) in [6.45, 7) is 1.04. The molecule has 0 radical (unpaired) electrons. The van der Waals surface area contributed by atoms with E-state index in [1.807, 2.05) is 17.0 Å². The predicted octanol–water partition coefficient (Wildman–Crippen LogP) is 5.39. The van der Waals surface area contributed by atoms with E-state index in [1.54, 1.807) is 0 Å². The molecule has 1 N–H and O–H groups in total. The minimum atomic E-state index is -0.913. The number of benzene rings is 3. The van der Waals surface area contributed by atoms with Gasteiger partial charge in [-0.3, -0.25) is 0 Å². The number of nitrogens with zero attached hydrogens (tertiary/aromatic N) is 1. The summed E-state index contributed by atoms with van der Waals surface area (Å²) in [5.41, 5.74) is 6.10. The molecule has 5 nitrogen and oxygen atoms in total. The Hall–Kier alpha value is -3.31. The van der Waals surface area contributed by atoms with Crippen LogP contribution in [0.3, 0.4) is 0 Å². The number of hydrogen-bond donors (Lipinski definition) is 1. The maximum Gasteiger partial charge on any atom is 0.410 e. The van der Waals surface area contributed by atoms with Crippen LogP contribution in [0.1, 0.15) is 53.9 Å². The van der Waals surface area contributed by atoms with Crippen molar-refractivity contribution in [3.8, 4) is 16.9 Å². The van der Waals surface area contributed by atoms with Crippen LogP contribution in [0.4, 0.5) is 4.79 Å². The summed E-state index contributed by atoms with van der Waals surface area (Å²) in [6, 6.07) is 22.9. The molecule has 1 amide bonds. The fourth-order valence-corrected chi connectivity index (χ4v) is 6.90. The Morgan fingerprint density at radius 2 is 1.63 bits per heavy atom. The summed E-state index contributed by atoms with van der Waals surface area (Å²) in [5.74, 6) is 0.982. The normalized spacial score (nSPS) is 26.1. The van der Waals surface area contributed by atoms with Crippen molar-refractivity contribution < 1.29 is 19.4 Å². The van der Waals surface area contributed by atoms with Gasteiger partial charge in [-0.05, 0) is 58.4 Å². The molecule has 5 heteroatoms. The number of carbonyl (C=O) groups excluding carboxylic acids is 1. The van der Waals surface area contributed by atoms with Crippen molar-refractivity contribution in [2.75, 3.05) is 13.2 Å². The standard InChI is InChI=1S/C30H29NO4/c32-29(35-18-27-25-7-3-1-5-23(25)24-6-2-4-8-26(24)27)31-21-10-11-22(31)17-30(33,16-21)20-9-12-28-19(15-20)13-14-34-28/h1-9,12,15,21-22,27,33H,10-11,13-14,16-18H2. The van der Waals surface area contributed by atoms with Gasteiger partial charge in [-0.2, -0.15) is 0 Å². The zero-order valence-corrected chi connectivity index (χ0v) is 19.7. The van der Waals surface area contributed by atoms with Gasteiger partial charge < -0.3 is 19.5 Å². The summed E-state index contributed by atoms with van der Waals surface area (Å²) in [6.07, 6.45) is 3.55. The molecule has 3 aliphatic heterocycles. The first-order valence-electron chi connectivity index (χ1n) is 12.7. The Bertz CT molecular complexity index is 1260. The predicted molar refractivity (Wildman–Crippen MR) is 132 cm³/mol. The minimum absolute atomic E-state index is 0.00101. The average Bonchev–Trinajstić information content (AvgIpc) is 3.55. The molecule has 7 rings (SSSR count). The molecule has 178 valence electrons. The zero-order chi connectivity index (χ0) is 23.6. The van der Waals surface area contributed by atoms with Gasteiger partial charge in [-0.25, -0.2) is 4.79 Å². The van der Waals surface area contributed by atoms with E-state index in [1.165, 1.54) is 27.8 Å². The summed E-state index contributed by atoms with van der Waals surface area (Å²) in [7, 11) is 0. The molecule has 0 spiro atoms.